The van der Waals surface area contributed by atoms with E-state index in [4.69, 9.17) is 4.42 Å². The first-order chi connectivity index (χ1) is 10.8. The summed E-state index contributed by atoms with van der Waals surface area (Å²) in [5.41, 5.74) is 0.748. The molecule has 0 saturated carbocycles. The van der Waals surface area contributed by atoms with Crippen LogP contribution >= 0.6 is 0 Å². The predicted octanol–water partition coefficient (Wildman–Crippen LogP) is 0.332. The van der Waals surface area contributed by atoms with E-state index in [0.29, 0.717) is 18.5 Å². The van der Waals surface area contributed by atoms with E-state index in [9.17, 15) is 18.0 Å². The van der Waals surface area contributed by atoms with Gasteiger partial charge < -0.3 is 9.32 Å². The molecule has 0 N–H and O–H groups in total. The second kappa shape index (κ2) is 5.50. The SMILES string of the molecule is CCC(=O)N1CCN(S(=O)(=O)c2ccc3c(c2)oc(=O)n3C)C1. The minimum absolute atomic E-state index is 0.0464. The van der Waals surface area contributed by atoms with Crippen molar-refractivity contribution in [2.24, 2.45) is 7.05 Å². The van der Waals surface area contributed by atoms with Gasteiger partial charge in [0.05, 0.1) is 17.1 Å². The van der Waals surface area contributed by atoms with Crippen LogP contribution in [0.1, 0.15) is 13.3 Å². The third-order valence-electron chi connectivity index (χ3n) is 4.00. The van der Waals surface area contributed by atoms with Gasteiger partial charge in [-0.25, -0.2) is 13.2 Å². The summed E-state index contributed by atoms with van der Waals surface area (Å²) < 4.78 is 33.0. The number of benzene rings is 1. The highest BCUT2D eigenvalue weighted by atomic mass is 32.2. The summed E-state index contributed by atoms with van der Waals surface area (Å²) in [5.74, 6) is -0.623. The number of aryl methyl sites for hydroxylation is 1. The highest BCUT2D eigenvalue weighted by molar-refractivity contribution is 7.89. The summed E-state index contributed by atoms with van der Waals surface area (Å²) in [4.78, 5) is 24.7. The number of fused-ring (bicyclic) bond motifs is 1. The molecule has 1 aliphatic heterocycles. The fraction of sp³-hybridized carbons (Fsp3) is 0.429. The van der Waals surface area contributed by atoms with Crippen LogP contribution in [0.5, 0.6) is 0 Å². The standard InChI is InChI=1S/C14H17N3O5S/c1-3-13(18)16-6-7-17(9-16)23(20,21)10-4-5-11-12(8-10)22-14(19)15(11)2/h4-5,8H,3,6-7,9H2,1-2H3. The molecule has 2 heterocycles. The number of hydrogen-bond acceptors (Lipinski definition) is 5. The van der Waals surface area contributed by atoms with E-state index < -0.39 is 15.8 Å². The normalized spacial score (nSPS) is 16.3. The zero-order valence-corrected chi connectivity index (χ0v) is 13.7. The van der Waals surface area contributed by atoms with E-state index in [1.165, 1.54) is 32.0 Å². The highest BCUT2D eigenvalue weighted by Gasteiger charge is 2.33. The van der Waals surface area contributed by atoms with Crippen molar-refractivity contribution in [3.63, 3.8) is 0 Å². The maximum atomic E-state index is 12.7. The molecule has 2 aromatic rings. The summed E-state index contributed by atoms with van der Waals surface area (Å²) in [6.45, 7) is 2.43. The number of carbonyl (C=O) groups excluding carboxylic acids is 1. The Balaban J connectivity index is 1.94. The molecule has 1 fully saturated rings. The number of oxazole rings is 1. The third kappa shape index (κ3) is 2.55. The number of sulfonamides is 1. The summed E-state index contributed by atoms with van der Waals surface area (Å²) >= 11 is 0. The average Bonchev–Trinajstić information content (AvgIpc) is 3.13. The van der Waals surface area contributed by atoms with Gasteiger partial charge in [-0.1, -0.05) is 6.92 Å². The molecular formula is C14H17N3O5S. The van der Waals surface area contributed by atoms with E-state index in [-0.39, 0.29) is 29.6 Å². The molecule has 1 amide bonds. The smallest absolute Gasteiger partial charge is 0.408 e. The fourth-order valence-corrected chi connectivity index (χ4v) is 4.02. The number of rotatable bonds is 3. The minimum Gasteiger partial charge on any atom is -0.408 e. The molecule has 1 saturated heterocycles. The first kappa shape index (κ1) is 15.8. The number of amides is 1. The second-order valence-corrected chi connectivity index (χ2v) is 7.33. The Hall–Kier alpha value is -2.13. The van der Waals surface area contributed by atoms with Crippen LogP contribution in [0, 0.1) is 0 Å². The van der Waals surface area contributed by atoms with Crippen molar-refractivity contribution < 1.29 is 17.6 Å². The highest BCUT2D eigenvalue weighted by Crippen LogP contribution is 2.23. The van der Waals surface area contributed by atoms with Gasteiger partial charge in [0.1, 0.15) is 0 Å². The molecular weight excluding hydrogens is 322 g/mol. The van der Waals surface area contributed by atoms with Gasteiger partial charge in [0, 0.05) is 32.6 Å². The van der Waals surface area contributed by atoms with Gasteiger partial charge in [0.25, 0.3) is 0 Å². The van der Waals surface area contributed by atoms with Crippen LogP contribution in [0.4, 0.5) is 0 Å². The Labute approximate surface area is 132 Å². The van der Waals surface area contributed by atoms with E-state index >= 15 is 0 Å². The van der Waals surface area contributed by atoms with Crippen LogP contribution in [0.25, 0.3) is 11.1 Å². The Morgan fingerprint density at radius 3 is 2.74 bits per heavy atom. The average molecular weight is 339 g/mol. The zero-order valence-electron chi connectivity index (χ0n) is 12.9. The molecule has 0 unspecified atom stereocenters. The number of carbonyl (C=O) groups is 1. The molecule has 0 spiro atoms. The van der Waals surface area contributed by atoms with Gasteiger partial charge in [-0.3, -0.25) is 9.36 Å². The largest absolute Gasteiger partial charge is 0.419 e. The van der Waals surface area contributed by atoms with Crippen LogP contribution in [-0.2, 0) is 21.9 Å². The van der Waals surface area contributed by atoms with E-state index in [2.05, 4.69) is 0 Å². The Bertz CT molecular complexity index is 928. The van der Waals surface area contributed by atoms with Crippen LogP contribution < -0.4 is 5.76 Å². The Morgan fingerprint density at radius 2 is 2.04 bits per heavy atom. The number of aromatic nitrogens is 1. The Kier molecular flexibility index (Phi) is 3.77. The van der Waals surface area contributed by atoms with Gasteiger partial charge in [-0.05, 0) is 12.1 Å². The minimum atomic E-state index is -3.74. The molecule has 1 aromatic carbocycles. The number of hydrogen-bond donors (Lipinski definition) is 0. The van der Waals surface area contributed by atoms with E-state index in [1.54, 1.807) is 14.0 Å². The molecule has 0 atom stereocenters. The molecule has 23 heavy (non-hydrogen) atoms. The second-order valence-electron chi connectivity index (χ2n) is 5.39. The van der Waals surface area contributed by atoms with Crippen molar-refractivity contribution in [1.29, 1.82) is 0 Å². The van der Waals surface area contributed by atoms with E-state index in [1.807, 2.05) is 0 Å². The van der Waals surface area contributed by atoms with Gasteiger partial charge in [0.2, 0.25) is 15.9 Å². The van der Waals surface area contributed by atoms with Crippen molar-refractivity contribution in [1.82, 2.24) is 13.8 Å². The van der Waals surface area contributed by atoms with Gasteiger partial charge in [0.15, 0.2) is 5.58 Å². The van der Waals surface area contributed by atoms with Crippen LogP contribution in [0.15, 0.2) is 32.3 Å². The monoisotopic (exact) mass is 339 g/mol. The lowest BCUT2D eigenvalue weighted by molar-refractivity contribution is -0.130. The van der Waals surface area contributed by atoms with Crippen molar-refractivity contribution in [2.75, 3.05) is 19.8 Å². The maximum absolute atomic E-state index is 12.7. The van der Waals surface area contributed by atoms with Gasteiger partial charge in [-0.15, -0.1) is 0 Å². The topological polar surface area (TPSA) is 92.8 Å². The Morgan fingerprint density at radius 1 is 1.30 bits per heavy atom. The van der Waals surface area contributed by atoms with Crippen molar-refractivity contribution in [2.45, 2.75) is 18.2 Å². The molecule has 9 heteroatoms. The summed E-state index contributed by atoms with van der Waals surface area (Å²) in [7, 11) is -2.19. The molecule has 124 valence electrons. The first-order valence-electron chi connectivity index (χ1n) is 7.22. The molecule has 1 aromatic heterocycles. The van der Waals surface area contributed by atoms with Crippen molar-refractivity contribution in [3.8, 4) is 0 Å². The lowest BCUT2D eigenvalue weighted by atomic mass is 10.3. The lowest BCUT2D eigenvalue weighted by Crippen LogP contribution is -2.33. The summed E-state index contributed by atoms with van der Waals surface area (Å²) in [5, 5.41) is 0. The van der Waals surface area contributed by atoms with Crippen molar-refractivity contribution >= 4 is 27.0 Å². The predicted molar refractivity (Wildman–Crippen MR) is 82.2 cm³/mol. The van der Waals surface area contributed by atoms with E-state index in [0.717, 1.165) is 0 Å². The third-order valence-corrected chi connectivity index (χ3v) is 5.83. The maximum Gasteiger partial charge on any atom is 0.419 e. The van der Waals surface area contributed by atoms with Gasteiger partial charge in [-0.2, -0.15) is 4.31 Å². The van der Waals surface area contributed by atoms with Gasteiger partial charge >= 0.3 is 5.76 Å². The molecule has 0 radical (unpaired) electrons. The quantitative estimate of drug-likeness (QED) is 0.803. The van der Waals surface area contributed by atoms with Crippen LogP contribution in [0.2, 0.25) is 0 Å². The van der Waals surface area contributed by atoms with Crippen LogP contribution in [0.3, 0.4) is 0 Å². The molecule has 3 rings (SSSR count). The molecule has 1 aliphatic rings. The molecule has 8 nitrogen and oxygen atoms in total. The first-order valence-corrected chi connectivity index (χ1v) is 8.66. The molecule has 0 bridgehead atoms. The zero-order chi connectivity index (χ0) is 16.8. The summed E-state index contributed by atoms with van der Waals surface area (Å²) in [6, 6.07) is 4.32. The fourth-order valence-electron chi connectivity index (χ4n) is 2.61. The lowest BCUT2D eigenvalue weighted by Gasteiger charge is -2.18. The van der Waals surface area contributed by atoms with Crippen LogP contribution in [-0.4, -0.2) is 47.9 Å². The number of nitrogens with zero attached hydrogens (tertiary/aromatic N) is 3. The molecule has 0 aliphatic carbocycles. The van der Waals surface area contributed by atoms with Crippen molar-refractivity contribution in [3.05, 3.63) is 28.7 Å². The summed E-state index contributed by atoms with van der Waals surface area (Å²) in [6.07, 6.45) is 0.342.